The Hall–Kier alpha value is -3.02. The molecular formula is C31H36N4S. The molecule has 1 aromatic heterocycles. The van der Waals surface area contributed by atoms with E-state index in [1.807, 2.05) is 18.0 Å². The van der Waals surface area contributed by atoms with Crippen molar-refractivity contribution in [1.29, 1.82) is 0 Å². The van der Waals surface area contributed by atoms with E-state index in [1.165, 1.54) is 58.5 Å². The molecule has 0 atom stereocenters. The highest BCUT2D eigenvalue weighted by Crippen LogP contribution is 2.30. The molecule has 186 valence electrons. The molecule has 5 rings (SSSR count). The van der Waals surface area contributed by atoms with Crippen LogP contribution in [0.2, 0.25) is 0 Å². The first kappa shape index (κ1) is 24.7. The number of aromatic nitrogens is 1. The summed E-state index contributed by atoms with van der Waals surface area (Å²) in [6.07, 6.45) is 6.95. The van der Waals surface area contributed by atoms with Gasteiger partial charge in [0.25, 0.3) is 0 Å². The second-order valence-corrected chi connectivity index (χ2v) is 10.5. The zero-order valence-corrected chi connectivity index (χ0v) is 21.8. The van der Waals surface area contributed by atoms with Gasteiger partial charge in [0.2, 0.25) is 0 Å². The largest absolute Gasteiger partial charge is 0.385 e. The van der Waals surface area contributed by atoms with Crippen molar-refractivity contribution >= 4 is 34.0 Å². The third-order valence-electron chi connectivity index (χ3n) is 6.82. The molecule has 5 heteroatoms. The molecule has 0 spiro atoms. The van der Waals surface area contributed by atoms with E-state index in [0.29, 0.717) is 0 Å². The summed E-state index contributed by atoms with van der Waals surface area (Å²) in [5.74, 6) is 1.15. The maximum Gasteiger partial charge on any atom is 0.0719 e. The van der Waals surface area contributed by atoms with Gasteiger partial charge in [-0.15, -0.1) is 11.8 Å². The average molecular weight is 497 g/mol. The summed E-state index contributed by atoms with van der Waals surface area (Å²) in [7, 11) is 0. The number of rotatable bonds is 11. The molecule has 1 fully saturated rings. The van der Waals surface area contributed by atoms with Crippen LogP contribution in [0.4, 0.5) is 11.4 Å². The monoisotopic (exact) mass is 496 g/mol. The average Bonchev–Trinajstić information content (AvgIpc) is 2.95. The second-order valence-electron chi connectivity index (χ2n) is 9.38. The Balaban J connectivity index is 1.01. The third kappa shape index (κ3) is 6.59. The molecule has 4 aromatic rings. The second kappa shape index (κ2) is 12.8. The lowest BCUT2D eigenvalue weighted by Crippen LogP contribution is -2.43. The van der Waals surface area contributed by atoms with Crippen molar-refractivity contribution in [2.45, 2.75) is 30.6 Å². The van der Waals surface area contributed by atoms with E-state index in [-0.39, 0.29) is 0 Å². The Morgan fingerprint density at radius 2 is 1.61 bits per heavy atom. The zero-order valence-electron chi connectivity index (χ0n) is 21.0. The first-order valence-electron chi connectivity index (χ1n) is 13.2. The van der Waals surface area contributed by atoms with Crippen LogP contribution in [0.5, 0.6) is 0 Å². The van der Waals surface area contributed by atoms with Gasteiger partial charge in [0, 0.05) is 60.6 Å². The van der Waals surface area contributed by atoms with Gasteiger partial charge in [-0.3, -0.25) is 4.98 Å². The quantitative estimate of drug-likeness (QED) is 0.172. The molecule has 1 saturated heterocycles. The van der Waals surface area contributed by atoms with E-state index in [4.69, 9.17) is 0 Å². The fourth-order valence-corrected chi connectivity index (χ4v) is 5.82. The number of anilines is 2. The minimum Gasteiger partial charge on any atom is -0.385 e. The van der Waals surface area contributed by atoms with Crippen molar-refractivity contribution in [2.24, 2.45) is 0 Å². The number of unbranched alkanes of at least 4 members (excludes halogenated alkanes) is 3. The standard InChI is InChI=1S/C31H36N4S/c1(6-17-33-27-11-13-28(14-12-27)35-21-19-32-20-22-35)2-7-23-36-31-16-18-34-30-24-26(10-15-29(30)31)25-8-4-3-5-9-25/h3-5,8-16,18,24,32-33H,1-2,6-7,17,19-23H2. The molecule has 0 bridgehead atoms. The van der Waals surface area contributed by atoms with E-state index in [0.717, 1.165) is 44.0 Å². The zero-order chi connectivity index (χ0) is 24.4. The minimum absolute atomic E-state index is 1.04. The molecule has 0 unspecified atom stereocenters. The molecular weight excluding hydrogens is 460 g/mol. The lowest BCUT2D eigenvalue weighted by Gasteiger charge is -2.29. The predicted molar refractivity (Wildman–Crippen MR) is 156 cm³/mol. The van der Waals surface area contributed by atoms with E-state index in [1.54, 1.807) is 0 Å². The van der Waals surface area contributed by atoms with Crippen LogP contribution in [-0.2, 0) is 0 Å². The number of piperazine rings is 1. The summed E-state index contributed by atoms with van der Waals surface area (Å²) >= 11 is 1.96. The summed E-state index contributed by atoms with van der Waals surface area (Å²) in [5, 5.41) is 8.26. The van der Waals surface area contributed by atoms with Gasteiger partial charge >= 0.3 is 0 Å². The molecule has 4 nitrogen and oxygen atoms in total. The van der Waals surface area contributed by atoms with Gasteiger partial charge in [0.1, 0.15) is 0 Å². The molecule has 2 heterocycles. The highest BCUT2D eigenvalue weighted by molar-refractivity contribution is 7.99. The van der Waals surface area contributed by atoms with Gasteiger partial charge in [-0.1, -0.05) is 55.3 Å². The van der Waals surface area contributed by atoms with Crippen molar-refractivity contribution in [3.63, 3.8) is 0 Å². The predicted octanol–water partition coefficient (Wildman–Crippen LogP) is 7.08. The summed E-state index contributed by atoms with van der Waals surface area (Å²) in [5.41, 5.74) is 6.10. The van der Waals surface area contributed by atoms with Crippen LogP contribution in [0, 0.1) is 0 Å². The van der Waals surface area contributed by atoms with E-state index < -0.39 is 0 Å². The van der Waals surface area contributed by atoms with Gasteiger partial charge in [-0.05, 0) is 66.1 Å². The first-order valence-corrected chi connectivity index (χ1v) is 14.2. The molecule has 36 heavy (non-hydrogen) atoms. The number of nitrogens with one attached hydrogen (secondary N) is 2. The van der Waals surface area contributed by atoms with E-state index >= 15 is 0 Å². The normalized spacial score (nSPS) is 13.7. The Kier molecular flexibility index (Phi) is 8.77. The maximum absolute atomic E-state index is 4.63. The fourth-order valence-electron chi connectivity index (χ4n) is 4.77. The van der Waals surface area contributed by atoms with Crippen molar-refractivity contribution in [1.82, 2.24) is 10.3 Å². The van der Waals surface area contributed by atoms with Gasteiger partial charge < -0.3 is 15.5 Å². The number of pyridine rings is 1. The Labute approximate surface area is 219 Å². The van der Waals surface area contributed by atoms with Crippen LogP contribution in [0.1, 0.15) is 25.7 Å². The minimum atomic E-state index is 1.04. The molecule has 3 aromatic carbocycles. The van der Waals surface area contributed by atoms with Gasteiger partial charge in [-0.2, -0.15) is 0 Å². The van der Waals surface area contributed by atoms with E-state index in [2.05, 4.69) is 99.4 Å². The highest BCUT2D eigenvalue weighted by Gasteiger charge is 2.10. The summed E-state index contributed by atoms with van der Waals surface area (Å²) in [6.45, 7) is 5.38. The van der Waals surface area contributed by atoms with Crippen LogP contribution in [-0.4, -0.2) is 43.5 Å². The van der Waals surface area contributed by atoms with Crippen LogP contribution >= 0.6 is 11.8 Å². The van der Waals surface area contributed by atoms with Crippen molar-refractivity contribution in [3.8, 4) is 11.1 Å². The Morgan fingerprint density at radius 1 is 0.806 bits per heavy atom. The van der Waals surface area contributed by atoms with Crippen molar-refractivity contribution in [3.05, 3.63) is 85.1 Å². The van der Waals surface area contributed by atoms with Crippen molar-refractivity contribution < 1.29 is 0 Å². The summed E-state index contributed by atoms with van der Waals surface area (Å²) in [4.78, 5) is 8.43. The van der Waals surface area contributed by atoms with Crippen LogP contribution in [0.25, 0.3) is 22.0 Å². The molecule has 0 aliphatic carbocycles. The summed E-state index contributed by atoms with van der Waals surface area (Å²) < 4.78 is 0. The van der Waals surface area contributed by atoms with Crippen LogP contribution in [0.3, 0.4) is 0 Å². The number of thioether (sulfide) groups is 1. The Morgan fingerprint density at radius 3 is 2.44 bits per heavy atom. The lowest BCUT2D eigenvalue weighted by atomic mass is 10.0. The molecule has 0 radical (unpaired) electrons. The first-order chi connectivity index (χ1) is 17.9. The highest BCUT2D eigenvalue weighted by atomic mass is 32.2. The van der Waals surface area contributed by atoms with Crippen molar-refractivity contribution in [2.75, 3.05) is 48.7 Å². The Bertz CT molecular complexity index is 1220. The number of hydrogen-bond donors (Lipinski definition) is 2. The number of fused-ring (bicyclic) bond motifs is 1. The fraction of sp³-hybridized carbons (Fsp3) is 0.323. The molecule has 1 aliphatic rings. The molecule has 2 N–H and O–H groups in total. The third-order valence-corrected chi connectivity index (χ3v) is 7.98. The smallest absolute Gasteiger partial charge is 0.0719 e. The number of nitrogens with zero attached hydrogens (tertiary/aromatic N) is 2. The number of hydrogen-bond acceptors (Lipinski definition) is 5. The summed E-state index contributed by atoms with van der Waals surface area (Å²) in [6, 6.07) is 28.3. The molecule has 0 saturated carbocycles. The van der Waals surface area contributed by atoms with Crippen LogP contribution < -0.4 is 15.5 Å². The SMILES string of the molecule is c1ccc(-c2ccc3c(SCCCCCCNc4ccc(N5CCNCC5)cc4)ccnc3c2)cc1. The van der Waals surface area contributed by atoms with Gasteiger partial charge in [0.05, 0.1) is 5.52 Å². The maximum atomic E-state index is 4.63. The van der Waals surface area contributed by atoms with Gasteiger partial charge in [0.15, 0.2) is 0 Å². The lowest BCUT2D eigenvalue weighted by molar-refractivity contribution is 0.589. The van der Waals surface area contributed by atoms with Crippen LogP contribution in [0.15, 0.2) is 90.0 Å². The topological polar surface area (TPSA) is 40.2 Å². The van der Waals surface area contributed by atoms with E-state index in [9.17, 15) is 0 Å². The molecule has 1 aliphatic heterocycles. The number of benzene rings is 3. The van der Waals surface area contributed by atoms with Gasteiger partial charge in [-0.25, -0.2) is 0 Å². The molecule has 0 amide bonds.